The molecule has 0 bridgehead atoms. The Kier molecular flexibility index (Phi) is 5.23. The Morgan fingerprint density at radius 3 is 2.69 bits per heavy atom. The fraction of sp³-hybridized carbons (Fsp3) is 0.190. The van der Waals surface area contributed by atoms with Crippen LogP contribution in [0.1, 0.15) is 19.2 Å². The lowest BCUT2D eigenvalue weighted by atomic mass is 10.2. The lowest BCUT2D eigenvalue weighted by molar-refractivity contribution is -0.384. The average Bonchev–Trinajstić information content (AvgIpc) is 3.41. The van der Waals surface area contributed by atoms with Crippen molar-refractivity contribution in [1.82, 2.24) is 29.9 Å². The van der Waals surface area contributed by atoms with Crippen LogP contribution >= 0.6 is 11.8 Å². The minimum Gasteiger partial charge on any atom is -0.338 e. The van der Waals surface area contributed by atoms with Crippen LogP contribution < -0.4 is 0 Å². The summed E-state index contributed by atoms with van der Waals surface area (Å²) in [7, 11) is 0. The number of hydrogen-bond acceptors (Lipinski definition) is 9. The molecule has 0 saturated heterocycles. The topological polar surface area (TPSA) is 126 Å². The van der Waals surface area contributed by atoms with Gasteiger partial charge in [0.15, 0.2) is 5.65 Å². The van der Waals surface area contributed by atoms with Crippen LogP contribution in [0.5, 0.6) is 0 Å². The highest BCUT2D eigenvalue weighted by Gasteiger charge is 2.16. The van der Waals surface area contributed by atoms with E-state index in [0.29, 0.717) is 28.2 Å². The van der Waals surface area contributed by atoms with Crippen molar-refractivity contribution in [3.63, 3.8) is 0 Å². The van der Waals surface area contributed by atoms with Crippen LogP contribution in [0.15, 0.2) is 58.2 Å². The van der Waals surface area contributed by atoms with Gasteiger partial charge in [-0.25, -0.2) is 4.98 Å². The Morgan fingerprint density at radius 1 is 1.09 bits per heavy atom. The number of non-ortho nitro benzene ring substituents is 1. The third-order valence-corrected chi connectivity index (χ3v) is 5.75. The first-order chi connectivity index (χ1) is 15.6. The van der Waals surface area contributed by atoms with E-state index < -0.39 is 4.92 Å². The molecule has 5 rings (SSSR count). The number of nitrogens with zero attached hydrogens (tertiary/aromatic N) is 7. The molecule has 10 nitrogen and oxygen atoms in total. The zero-order valence-corrected chi connectivity index (χ0v) is 17.8. The number of hydrogen-bond donors (Lipinski definition) is 0. The second-order valence-corrected chi connectivity index (χ2v) is 7.98. The maximum absolute atomic E-state index is 10.8. The van der Waals surface area contributed by atoms with E-state index in [2.05, 4.69) is 37.9 Å². The van der Waals surface area contributed by atoms with Crippen molar-refractivity contribution in [3.05, 3.63) is 64.5 Å². The molecule has 0 aliphatic heterocycles. The molecule has 32 heavy (non-hydrogen) atoms. The fourth-order valence-corrected chi connectivity index (χ4v) is 4.11. The molecule has 0 atom stereocenters. The normalized spacial score (nSPS) is 11.4. The molecule has 3 heterocycles. The van der Waals surface area contributed by atoms with Gasteiger partial charge in [-0.2, -0.15) is 4.98 Å². The summed E-state index contributed by atoms with van der Waals surface area (Å²) in [4.78, 5) is 19.4. The molecule has 0 aliphatic rings. The van der Waals surface area contributed by atoms with Crippen molar-refractivity contribution in [1.29, 1.82) is 0 Å². The van der Waals surface area contributed by atoms with Crippen molar-refractivity contribution in [2.24, 2.45) is 0 Å². The number of rotatable bonds is 7. The molecule has 11 heteroatoms. The molecule has 3 aromatic heterocycles. The Labute approximate surface area is 185 Å². The van der Waals surface area contributed by atoms with Crippen molar-refractivity contribution >= 4 is 39.5 Å². The van der Waals surface area contributed by atoms with E-state index in [-0.39, 0.29) is 5.69 Å². The second kappa shape index (κ2) is 8.35. The predicted octanol–water partition coefficient (Wildman–Crippen LogP) is 4.64. The Balaban J connectivity index is 1.37. The number of thioether (sulfide) groups is 1. The number of nitro benzene ring substituents is 1. The monoisotopic (exact) mass is 447 g/mol. The molecule has 0 N–H and O–H groups in total. The molecule has 0 amide bonds. The van der Waals surface area contributed by atoms with E-state index in [1.54, 1.807) is 12.1 Å². The fourth-order valence-electron chi connectivity index (χ4n) is 3.49. The van der Waals surface area contributed by atoms with E-state index in [1.807, 2.05) is 18.2 Å². The molecular formula is C21H17N7O3S. The molecule has 0 aliphatic carbocycles. The van der Waals surface area contributed by atoms with Crippen molar-refractivity contribution in [2.75, 3.05) is 0 Å². The Morgan fingerprint density at radius 2 is 1.91 bits per heavy atom. The third kappa shape index (κ3) is 3.66. The summed E-state index contributed by atoms with van der Waals surface area (Å²) in [5.41, 5.74) is 3.34. The predicted molar refractivity (Wildman–Crippen MR) is 119 cm³/mol. The summed E-state index contributed by atoms with van der Waals surface area (Å²) in [6.45, 7) is 2.97. The van der Waals surface area contributed by atoms with Crippen LogP contribution in [0.3, 0.4) is 0 Å². The lowest BCUT2D eigenvalue weighted by Gasteiger charge is -2.04. The van der Waals surface area contributed by atoms with Gasteiger partial charge in [0.2, 0.25) is 16.9 Å². The highest BCUT2D eigenvalue weighted by molar-refractivity contribution is 7.98. The molecule has 5 aromatic rings. The summed E-state index contributed by atoms with van der Waals surface area (Å²) in [6, 6.07) is 14.1. The smallest absolute Gasteiger partial charge is 0.269 e. The van der Waals surface area contributed by atoms with Gasteiger partial charge in [-0.15, -0.1) is 10.2 Å². The van der Waals surface area contributed by atoms with Gasteiger partial charge in [0, 0.05) is 29.6 Å². The third-order valence-electron chi connectivity index (χ3n) is 4.93. The largest absolute Gasteiger partial charge is 0.338 e. The summed E-state index contributed by atoms with van der Waals surface area (Å²) in [5.74, 6) is 1.15. The first kappa shape index (κ1) is 20.1. The van der Waals surface area contributed by atoms with Crippen LogP contribution in [0.2, 0.25) is 0 Å². The quantitative estimate of drug-likeness (QED) is 0.199. The molecular weight excluding hydrogens is 430 g/mol. The van der Waals surface area contributed by atoms with Gasteiger partial charge in [-0.3, -0.25) is 10.1 Å². The molecule has 0 fully saturated rings. The second-order valence-electron chi connectivity index (χ2n) is 7.04. The minimum absolute atomic E-state index is 0.00792. The summed E-state index contributed by atoms with van der Waals surface area (Å²) < 4.78 is 7.49. The van der Waals surface area contributed by atoms with Gasteiger partial charge in [0.05, 0.1) is 16.2 Å². The van der Waals surface area contributed by atoms with Crippen LogP contribution in [0, 0.1) is 10.1 Å². The van der Waals surface area contributed by atoms with Crippen LogP contribution in [-0.2, 0) is 12.3 Å². The summed E-state index contributed by atoms with van der Waals surface area (Å²) in [5, 5.41) is 25.0. The maximum atomic E-state index is 10.8. The molecule has 2 aromatic carbocycles. The highest BCUT2D eigenvalue weighted by atomic mass is 32.2. The first-order valence-corrected chi connectivity index (χ1v) is 10.9. The van der Waals surface area contributed by atoms with E-state index in [1.165, 1.54) is 23.9 Å². The number of aromatic nitrogens is 6. The van der Waals surface area contributed by atoms with Gasteiger partial charge in [0.1, 0.15) is 5.52 Å². The minimum atomic E-state index is -0.452. The van der Waals surface area contributed by atoms with Gasteiger partial charge in [-0.1, -0.05) is 42.0 Å². The Hall–Kier alpha value is -3.86. The number of benzene rings is 2. The molecule has 0 saturated carbocycles. The van der Waals surface area contributed by atoms with Gasteiger partial charge >= 0.3 is 0 Å². The van der Waals surface area contributed by atoms with Crippen LogP contribution in [0.4, 0.5) is 5.69 Å². The lowest BCUT2D eigenvalue weighted by Crippen LogP contribution is -2.00. The first-order valence-electron chi connectivity index (χ1n) is 9.96. The highest BCUT2D eigenvalue weighted by Crippen LogP contribution is 2.28. The molecule has 160 valence electrons. The van der Waals surface area contributed by atoms with Crippen LogP contribution in [-0.4, -0.2) is 34.8 Å². The SMILES string of the molecule is CCCn1c2ccccc2c2nnc(SCc3nc(-c4ccc([N+](=O)[O-])cc4)no3)nc21. The van der Waals surface area contributed by atoms with Crippen molar-refractivity contribution < 1.29 is 9.45 Å². The number of nitro groups is 1. The maximum Gasteiger partial charge on any atom is 0.269 e. The zero-order valence-electron chi connectivity index (χ0n) is 17.0. The van der Waals surface area contributed by atoms with E-state index in [0.717, 1.165) is 35.0 Å². The number of aryl methyl sites for hydroxylation is 1. The van der Waals surface area contributed by atoms with Gasteiger partial charge < -0.3 is 9.09 Å². The van der Waals surface area contributed by atoms with E-state index in [9.17, 15) is 10.1 Å². The molecule has 0 spiro atoms. The van der Waals surface area contributed by atoms with Gasteiger partial charge in [-0.05, 0) is 24.6 Å². The number of fused-ring (bicyclic) bond motifs is 3. The average molecular weight is 447 g/mol. The zero-order chi connectivity index (χ0) is 22.1. The summed E-state index contributed by atoms with van der Waals surface area (Å²) in [6.07, 6.45) is 0.980. The van der Waals surface area contributed by atoms with Crippen molar-refractivity contribution in [2.45, 2.75) is 30.8 Å². The van der Waals surface area contributed by atoms with Gasteiger partial charge in [0.25, 0.3) is 5.69 Å². The Bertz CT molecular complexity index is 1430. The summed E-state index contributed by atoms with van der Waals surface area (Å²) >= 11 is 1.36. The standard InChI is InChI=1S/C21H17N7O3S/c1-2-11-27-16-6-4-3-5-15(16)18-20(27)23-21(25-24-18)32-12-17-22-19(26-31-17)13-7-9-14(10-8-13)28(29)30/h3-10H,2,11-12H2,1H3. The van der Waals surface area contributed by atoms with E-state index in [4.69, 9.17) is 9.51 Å². The van der Waals surface area contributed by atoms with E-state index >= 15 is 0 Å². The molecule has 0 radical (unpaired) electrons. The van der Waals surface area contributed by atoms with Crippen molar-refractivity contribution in [3.8, 4) is 11.4 Å². The molecule has 0 unspecified atom stereocenters. The number of para-hydroxylation sites is 1. The van der Waals surface area contributed by atoms with Crippen LogP contribution in [0.25, 0.3) is 33.5 Å².